The van der Waals surface area contributed by atoms with Crippen LogP contribution in [0.1, 0.15) is 56.1 Å². The van der Waals surface area contributed by atoms with Crippen molar-refractivity contribution in [2.24, 2.45) is 11.3 Å². The number of rotatable bonds is 6. The fourth-order valence-corrected chi connectivity index (χ4v) is 5.00. The zero-order chi connectivity index (χ0) is 21.1. The van der Waals surface area contributed by atoms with Crippen LogP contribution in [0.4, 0.5) is 4.79 Å². The van der Waals surface area contributed by atoms with E-state index in [1.54, 1.807) is 0 Å². The molecule has 0 aliphatic heterocycles. The lowest BCUT2D eigenvalue weighted by molar-refractivity contribution is -0.151. The zero-order valence-corrected chi connectivity index (χ0v) is 17.4. The Morgan fingerprint density at radius 3 is 2.13 bits per heavy atom. The van der Waals surface area contributed by atoms with E-state index >= 15 is 0 Å². The van der Waals surface area contributed by atoms with Crippen LogP contribution in [0.2, 0.25) is 0 Å². The quantitative estimate of drug-likeness (QED) is 0.690. The van der Waals surface area contributed by atoms with E-state index in [0.717, 1.165) is 30.4 Å². The first kappa shape index (κ1) is 20.5. The molecule has 0 bridgehead atoms. The molecular formula is C25H29NO4. The van der Waals surface area contributed by atoms with Gasteiger partial charge in [0, 0.05) is 12.5 Å². The van der Waals surface area contributed by atoms with E-state index in [-0.39, 0.29) is 19.1 Å². The van der Waals surface area contributed by atoms with E-state index in [1.165, 1.54) is 11.1 Å². The summed E-state index contributed by atoms with van der Waals surface area (Å²) in [6.45, 7) is 2.50. The van der Waals surface area contributed by atoms with E-state index in [9.17, 15) is 14.7 Å². The molecule has 2 aromatic carbocycles. The number of carboxylic acids is 1. The first-order chi connectivity index (χ1) is 14.5. The number of ether oxygens (including phenoxy) is 1. The Morgan fingerprint density at radius 1 is 1.03 bits per heavy atom. The first-order valence-corrected chi connectivity index (χ1v) is 10.9. The maximum Gasteiger partial charge on any atom is 0.407 e. The number of benzene rings is 2. The molecule has 0 aromatic heterocycles. The number of carbonyl (C=O) groups is 2. The van der Waals surface area contributed by atoms with Crippen molar-refractivity contribution in [3.05, 3.63) is 59.7 Å². The third-order valence-corrected chi connectivity index (χ3v) is 7.01. The van der Waals surface area contributed by atoms with Gasteiger partial charge in [0.15, 0.2) is 0 Å². The molecule has 0 saturated heterocycles. The number of carbonyl (C=O) groups excluding carboxylic acids is 1. The van der Waals surface area contributed by atoms with Crippen LogP contribution >= 0.6 is 0 Å². The molecule has 2 aliphatic rings. The van der Waals surface area contributed by atoms with Crippen molar-refractivity contribution in [3.63, 3.8) is 0 Å². The summed E-state index contributed by atoms with van der Waals surface area (Å²) in [5, 5.41) is 12.5. The van der Waals surface area contributed by atoms with Crippen LogP contribution in [0.15, 0.2) is 48.5 Å². The lowest BCUT2D eigenvalue weighted by Crippen LogP contribution is -2.45. The second-order valence-electron chi connectivity index (χ2n) is 8.62. The molecule has 1 saturated carbocycles. The van der Waals surface area contributed by atoms with Gasteiger partial charge in [-0.2, -0.15) is 0 Å². The monoisotopic (exact) mass is 407 g/mol. The van der Waals surface area contributed by atoms with Gasteiger partial charge < -0.3 is 15.2 Å². The highest BCUT2D eigenvalue weighted by Gasteiger charge is 2.42. The number of hydrogen-bond acceptors (Lipinski definition) is 3. The highest BCUT2D eigenvalue weighted by molar-refractivity contribution is 5.79. The molecule has 1 amide bonds. The van der Waals surface area contributed by atoms with Crippen molar-refractivity contribution in [2.75, 3.05) is 13.2 Å². The van der Waals surface area contributed by atoms with Crippen molar-refractivity contribution in [2.45, 2.75) is 44.9 Å². The number of hydrogen-bond donors (Lipinski definition) is 2. The summed E-state index contributed by atoms with van der Waals surface area (Å²) in [5.74, 6) is -0.237. The molecule has 2 N–H and O–H groups in total. The van der Waals surface area contributed by atoms with Gasteiger partial charge in [0.1, 0.15) is 6.61 Å². The van der Waals surface area contributed by atoms with Crippen LogP contribution in [-0.2, 0) is 9.53 Å². The molecular weight excluding hydrogens is 378 g/mol. The molecule has 0 radical (unpaired) electrons. The highest BCUT2D eigenvalue weighted by atomic mass is 16.5. The number of nitrogens with one attached hydrogen (secondary N) is 1. The zero-order valence-electron chi connectivity index (χ0n) is 17.4. The topological polar surface area (TPSA) is 75.6 Å². The standard InChI is InChI=1S/C25H29NO4/c1-2-17-11-13-25(14-12-17,23(27)28)16-26-24(29)30-15-22-20-9-5-3-7-18(20)19-8-4-6-10-21(19)22/h3-10,17,22H,2,11-16H2,1H3,(H,26,29)(H,27,28). The van der Waals surface area contributed by atoms with Crippen LogP contribution in [0.5, 0.6) is 0 Å². The third-order valence-electron chi connectivity index (χ3n) is 7.01. The minimum Gasteiger partial charge on any atom is -0.481 e. The van der Waals surface area contributed by atoms with Crippen molar-refractivity contribution in [1.29, 1.82) is 0 Å². The molecule has 2 aromatic rings. The Bertz CT molecular complexity index is 885. The number of carboxylic acid groups (broad SMARTS) is 1. The molecule has 0 unspecified atom stereocenters. The normalized spacial score (nSPS) is 22.8. The summed E-state index contributed by atoms with van der Waals surface area (Å²) in [7, 11) is 0. The molecule has 1 fully saturated rings. The number of fused-ring (bicyclic) bond motifs is 3. The Morgan fingerprint density at radius 2 is 1.60 bits per heavy atom. The molecule has 5 nitrogen and oxygen atoms in total. The van der Waals surface area contributed by atoms with Gasteiger partial charge in [-0.3, -0.25) is 4.79 Å². The molecule has 0 spiro atoms. The van der Waals surface area contributed by atoms with E-state index < -0.39 is 17.5 Å². The fraction of sp³-hybridized carbons (Fsp3) is 0.440. The number of aliphatic carboxylic acids is 1. The molecule has 0 atom stereocenters. The van der Waals surface area contributed by atoms with Gasteiger partial charge in [-0.1, -0.05) is 61.9 Å². The maximum atomic E-state index is 12.4. The van der Waals surface area contributed by atoms with Crippen molar-refractivity contribution >= 4 is 12.1 Å². The smallest absolute Gasteiger partial charge is 0.407 e. The summed E-state index contributed by atoms with van der Waals surface area (Å²) < 4.78 is 5.55. The fourth-order valence-electron chi connectivity index (χ4n) is 5.00. The average molecular weight is 408 g/mol. The van der Waals surface area contributed by atoms with Gasteiger partial charge in [-0.25, -0.2) is 4.79 Å². The van der Waals surface area contributed by atoms with Crippen LogP contribution in [0, 0.1) is 11.3 Å². The minimum atomic E-state index is -0.878. The van der Waals surface area contributed by atoms with Gasteiger partial charge in [-0.05, 0) is 53.9 Å². The van der Waals surface area contributed by atoms with Crippen molar-refractivity contribution < 1.29 is 19.4 Å². The Kier molecular flexibility index (Phi) is 5.80. The largest absolute Gasteiger partial charge is 0.481 e. The van der Waals surface area contributed by atoms with Crippen LogP contribution in [-0.4, -0.2) is 30.3 Å². The Balaban J connectivity index is 1.38. The first-order valence-electron chi connectivity index (χ1n) is 10.9. The summed E-state index contributed by atoms with van der Waals surface area (Å²) in [6, 6.07) is 16.4. The summed E-state index contributed by atoms with van der Waals surface area (Å²) in [5.41, 5.74) is 3.80. The van der Waals surface area contributed by atoms with E-state index in [2.05, 4.69) is 36.5 Å². The van der Waals surface area contributed by atoms with Gasteiger partial charge in [0.05, 0.1) is 5.41 Å². The van der Waals surface area contributed by atoms with Crippen LogP contribution < -0.4 is 5.32 Å². The SMILES string of the molecule is CCC1CCC(CNC(=O)OCC2c3ccccc3-c3ccccc32)(C(=O)O)CC1. The minimum absolute atomic E-state index is 0.00317. The lowest BCUT2D eigenvalue weighted by Gasteiger charge is -2.36. The van der Waals surface area contributed by atoms with Crippen molar-refractivity contribution in [1.82, 2.24) is 5.32 Å². The Hall–Kier alpha value is -2.82. The lowest BCUT2D eigenvalue weighted by atomic mass is 9.70. The summed E-state index contributed by atoms with van der Waals surface area (Å²) >= 11 is 0. The number of alkyl carbamates (subject to hydrolysis) is 1. The molecule has 2 aliphatic carbocycles. The van der Waals surface area contributed by atoms with Gasteiger partial charge in [-0.15, -0.1) is 0 Å². The van der Waals surface area contributed by atoms with Gasteiger partial charge in [0.2, 0.25) is 0 Å². The van der Waals surface area contributed by atoms with E-state index in [4.69, 9.17) is 4.74 Å². The predicted octanol–water partition coefficient (Wildman–Crippen LogP) is 5.20. The molecule has 158 valence electrons. The maximum absolute atomic E-state index is 12.4. The van der Waals surface area contributed by atoms with Crippen LogP contribution in [0.3, 0.4) is 0 Å². The molecule has 4 rings (SSSR count). The van der Waals surface area contributed by atoms with E-state index in [0.29, 0.717) is 18.8 Å². The van der Waals surface area contributed by atoms with Gasteiger partial charge in [0.25, 0.3) is 0 Å². The average Bonchev–Trinajstić information content (AvgIpc) is 3.10. The Labute approximate surface area is 177 Å². The second-order valence-corrected chi connectivity index (χ2v) is 8.62. The predicted molar refractivity (Wildman–Crippen MR) is 115 cm³/mol. The van der Waals surface area contributed by atoms with E-state index in [1.807, 2.05) is 24.3 Å². The van der Waals surface area contributed by atoms with Crippen molar-refractivity contribution in [3.8, 4) is 11.1 Å². The summed E-state index contributed by atoms with van der Waals surface area (Å²) in [6.07, 6.45) is 3.53. The number of amides is 1. The third kappa shape index (κ3) is 3.81. The molecule has 30 heavy (non-hydrogen) atoms. The molecule has 5 heteroatoms. The highest BCUT2D eigenvalue weighted by Crippen LogP contribution is 2.44. The van der Waals surface area contributed by atoms with Gasteiger partial charge >= 0.3 is 12.1 Å². The summed E-state index contributed by atoms with van der Waals surface area (Å²) in [4.78, 5) is 24.4. The second kappa shape index (κ2) is 8.50. The van der Waals surface area contributed by atoms with Crippen LogP contribution in [0.25, 0.3) is 11.1 Å². The molecule has 0 heterocycles.